The first-order chi connectivity index (χ1) is 13.0. The second kappa shape index (κ2) is 9.02. The van der Waals surface area contributed by atoms with Crippen LogP contribution < -0.4 is 10.6 Å². The molecule has 2 N–H and O–H groups in total. The van der Waals surface area contributed by atoms with Gasteiger partial charge in [0.1, 0.15) is 0 Å². The van der Waals surface area contributed by atoms with Gasteiger partial charge in [-0.2, -0.15) is 0 Å². The lowest BCUT2D eigenvalue weighted by Crippen LogP contribution is -2.35. The van der Waals surface area contributed by atoms with Gasteiger partial charge in [0.25, 0.3) is 5.91 Å². The van der Waals surface area contributed by atoms with Gasteiger partial charge in [-0.05, 0) is 55.1 Å². The molecular weight excluding hydrogens is 344 g/mol. The maximum atomic E-state index is 12.0. The van der Waals surface area contributed by atoms with E-state index in [-0.39, 0.29) is 25.0 Å². The smallest absolute Gasteiger partial charge is 0.306 e. The molecule has 2 aliphatic rings. The maximum absolute atomic E-state index is 12.0. The Morgan fingerprint density at radius 1 is 1.11 bits per heavy atom. The molecule has 27 heavy (non-hydrogen) atoms. The number of aryl methyl sites for hydroxylation is 1. The van der Waals surface area contributed by atoms with Gasteiger partial charge in [0.05, 0.1) is 6.54 Å². The van der Waals surface area contributed by atoms with E-state index in [2.05, 4.69) is 10.6 Å². The Kier molecular flexibility index (Phi) is 6.48. The average Bonchev–Trinajstić information content (AvgIpc) is 3.28. The number of hydrogen-bond donors (Lipinski definition) is 2. The summed E-state index contributed by atoms with van der Waals surface area (Å²) in [6.45, 7) is 1.52. The molecule has 146 valence electrons. The normalized spacial score (nSPS) is 23.1. The molecule has 6 nitrogen and oxygen atoms in total. The van der Waals surface area contributed by atoms with Crippen molar-refractivity contribution in [2.24, 2.45) is 17.8 Å². The van der Waals surface area contributed by atoms with Gasteiger partial charge in [-0.25, -0.2) is 0 Å². The zero-order chi connectivity index (χ0) is 19.2. The van der Waals surface area contributed by atoms with Crippen LogP contribution in [0.1, 0.15) is 44.6 Å². The largest absolute Gasteiger partial charge is 0.456 e. The first-order valence-electron chi connectivity index (χ1n) is 9.85. The number of anilines is 1. The molecule has 1 aromatic carbocycles. The third kappa shape index (κ3) is 5.31. The van der Waals surface area contributed by atoms with Crippen LogP contribution in [-0.2, 0) is 25.5 Å². The number of esters is 1. The number of fused-ring (bicyclic) bond motifs is 2. The molecule has 3 atom stereocenters. The van der Waals surface area contributed by atoms with Gasteiger partial charge in [-0.1, -0.05) is 31.5 Å². The average molecular weight is 372 g/mol. The second-order valence-corrected chi connectivity index (χ2v) is 7.64. The summed E-state index contributed by atoms with van der Waals surface area (Å²) in [7, 11) is 0. The summed E-state index contributed by atoms with van der Waals surface area (Å²) in [6, 6.07) is 7.55. The van der Waals surface area contributed by atoms with E-state index in [4.69, 9.17) is 4.74 Å². The van der Waals surface area contributed by atoms with Gasteiger partial charge in [-0.3, -0.25) is 14.4 Å². The van der Waals surface area contributed by atoms with Crippen molar-refractivity contribution in [3.63, 3.8) is 0 Å². The number of amides is 2. The van der Waals surface area contributed by atoms with Crippen LogP contribution >= 0.6 is 0 Å². The van der Waals surface area contributed by atoms with Crippen molar-refractivity contribution in [3.05, 3.63) is 29.8 Å². The van der Waals surface area contributed by atoms with E-state index in [0.717, 1.165) is 30.0 Å². The molecule has 6 heteroatoms. The minimum atomic E-state index is -0.463. The minimum absolute atomic E-state index is 0.152. The predicted molar refractivity (Wildman–Crippen MR) is 102 cm³/mol. The van der Waals surface area contributed by atoms with Crippen LogP contribution in [0.3, 0.4) is 0 Å². The standard InChI is InChI=1S/C21H28N2O4/c1-2-15-5-3-4-6-18(15)23-19(24)12-22-20(25)13-27-21(26)11-17-10-14-7-8-16(17)9-14/h3-6,14,16-17H,2,7-13H2,1H3,(H,22,25)(H,23,24)/t14-,16-,17-/m1/s1. The molecule has 2 bridgehead atoms. The molecule has 2 fully saturated rings. The Hall–Kier alpha value is -2.37. The summed E-state index contributed by atoms with van der Waals surface area (Å²) < 4.78 is 5.08. The summed E-state index contributed by atoms with van der Waals surface area (Å²) in [5, 5.41) is 5.27. The molecule has 0 radical (unpaired) electrons. The third-order valence-electron chi connectivity index (χ3n) is 5.80. The Morgan fingerprint density at radius 2 is 1.93 bits per heavy atom. The first kappa shape index (κ1) is 19.4. The van der Waals surface area contributed by atoms with Gasteiger partial charge >= 0.3 is 5.97 Å². The summed E-state index contributed by atoms with van der Waals surface area (Å²) in [4.78, 5) is 35.8. The Balaban J connectivity index is 1.33. The van der Waals surface area contributed by atoms with Crippen molar-refractivity contribution < 1.29 is 19.1 Å². The van der Waals surface area contributed by atoms with Gasteiger partial charge in [0, 0.05) is 12.1 Å². The monoisotopic (exact) mass is 372 g/mol. The van der Waals surface area contributed by atoms with Crippen LogP contribution in [0.2, 0.25) is 0 Å². The highest BCUT2D eigenvalue weighted by molar-refractivity contribution is 5.95. The molecule has 2 amide bonds. The van der Waals surface area contributed by atoms with E-state index in [9.17, 15) is 14.4 Å². The highest BCUT2D eigenvalue weighted by Crippen LogP contribution is 2.49. The van der Waals surface area contributed by atoms with Crippen molar-refractivity contribution in [1.82, 2.24) is 5.32 Å². The fourth-order valence-corrected chi connectivity index (χ4v) is 4.42. The number of carbonyl (C=O) groups excluding carboxylic acids is 3. The van der Waals surface area contributed by atoms with Crippen LogP contribution in [0.4, 0.5) is 5.69 Å². The number of ether oxygens (including phenoxy) is 1. The maximum Gasteiger partial charge on any atom is 0.306 e. The lowest BCUT2D eigenvalue weighted by Gasteiger charge is -2.20. The molecule has 0 saturated heterocycles. The Labute approximate surface area is 160 Å². The van der Waals surface area contributed by atoms with Gasteiger partial charge in [0.2, 0.25) is 5.91 Å². The zero-order valence-electron chi connectivity index (χ0n) is 15.8. The zero-order valence-corrected chi connectivity index (χ0v) is 15.8. The number of hydrogen-bond acceptors (Lipinski definition) is 4. The number of carbonyl (C=O) groups is 3. The summed E-state index contributed by atoms with van der Waals surface area (Å²) in [5.41, 5.74) is 1.78. The fourth-order valence-electron chi connectivity index (χ4n) is 4.42. The van der Waals surface area contributed by atoms with Gasteiger partial charge < -0.3 is 15.4 Å². The SMILES string of the molecule is CCc1ccccc1NC(=O)CNC(=O)COC(=O)C[C@H]1C[C@@H]2CC[C@@H]1C2. The molecular formula is C21H28N2O4. The van der Waals surface area contributed by atoms with Crippen LogP contribution in [0.5, 0.6) is 0 Å². The van der Waals surface area contributed by atoms with Crippen molar-refractivity contribution in [3.8, 4) is 0 Å². The summed E-state index contributed by atoms with van der Waals surface area (Å²) in [5.74, 6) is 0.777. The van der Waals surface area contributed by atoms with Crippen molar-refractivity contribution in [2.75, 3.05) is 18.5 Å². The Morgan fingerprint density at radius 3 is 2.63 bits per heavy atom. The van der Waals surface area contributed by atoms with E-state index < -0.39 is 5.91 Å². The van der Waals surface area contributed by atoms with Crippen molar-refractivity contribution in [1.29, 1.82) is 0 Å². The molecule has 0 spiro atoms. The quantitative estimate of drug-likeness (QED) is 0.687. The number of nitrogens with one attached hydrogen (secondary N) is 2. The lowest BCUT2D eigenvalue weighted by molar-refractivity contribution is -0.149. The molecule has 2 saturated carbocycles. The van der Waals surface area contributed by atoms with E-state index >= 15 is 0 Å². The van der Waals surface area contributed by atoms with Crippen LogP contribution in [0.15, 0.2) is 24.3 Å². The minimum Gasteiger partial charge on any atom is -0.456 e. The topological polar surface area (TPSA) is 84.5 Å². The third-order valence-corrected chi connectivity index (χ3v) is 5.80. The van der Waals surface area contributed by atoms with Crippen molar-refractivity contribution in [2.45, 2.75) is 45.4 Å². The molecule has 1 aromatic rings. The van der Waals surface area contributed by atoms with Crippen molar-refractivity contribution >= 4 is 23.5 Å². The van der Waals surface area contributed by atoms with E-state index in [1.807, 2.05) is 31.2 Å². The van der Waals surface area contributed by atoms with E-state index in [1.165, 1.54) is 19.3 Å². The molecule has 0 aromatic heterocycles. The van der Waals surface area contributed by atoms with Gasteiger partial charge in [-0.15, -0.1) is 0 Å². The number of rotatable bonds is 8. The highest BCUT2D eigenvalue weighted by Gasteiger charge is 2.40. The number of benzene rings is 1. The molecule has 0 aliphatic heterocycles. The fraction of sp³-hybridized carbons (Fsp3) is 0.571. The van der Waals surface area contributed by atoms with E-state index in [0.29, 0.717) is 18.3 Å². The van der Waals surface area contributed by atoms with Gasteiger partial charge in [0.15, 0.2) is 6.61 Å². The summed E-state index contributed by atoms with van der Waals surface area (Å²) >= 11 is 0. The second-order valence-electron chi connectivity index (χ2n) is 7.64. The highest BCUT2D eigenvalue weighted by atomic mass is 16.5. The van der Waals surface area contributed by atoms with Crippen LogP contribution in [0.25, 0.3) is 0 Å². The molecule has 2 aliphatic carbocycles. The molecule has 0 heterocycles. The van der Waals surface area contributed by atoms with Crippen LogP contribution in [0, 0.1) is 17.8 Å². The first-order valence-corrected chi connectivity index (χ1v) is 9.85. The van der Waals surface area contributed by atoms with Crippen LogP contribution in [-0.4, -0.2) is 30.9 Å². The number of para-hydroxylation sites is 1. The Bertz CT molecular complexity index is 703. The molecule has 3 rings (SSSR count). The molecule has 0 unspecified atom stereocenters. The summed E-state index contributed by atoms with van der Waals surface area (Å²) in [6.07, 6.45) is 6.09. The van der Waals surface area contributed by atoms with E-state index in [1.54, 1.807) is 0 Å². The predicted octanol–water partition coefficient (Wildman–Crippen LogP) is 2.67. The lowest BCUT2D eigenvalue weighted by atomic mass is 9.86.